The van der Waals surface area contributed by atoms with Crippen LogP contribution < -0.4 is 4.90 Å². The molecule has 0 bridgehead atoms. The molecule has 4 aromatic rings. The summed E-state index contributed by atoms with van der Waals surface area (Å²) in [5.41, 5.74) is 5.09. The van der Waals surface area contributed by atoms with Crippen molar-refractivity contribution in [3.63, 3.8) is 0 Å². The molecular weight excluding hydrogens is 614 g/mol. The summed E-state index contributed by atoms with van der Waals surface area (Å²) in [5, 5.41) is 0.799. The lowest BCUT2D eigenvalue weighted by atomic mass is 9.73. The first-order valence-electron chi connectivity index (χ1n) is 18.1. The third-order valence-electron chi connectivity index (χ3n) is 10.7. The maximum atomic E-state index is 6.95. The minimum absolute atomic E-state index is 0.178. The number of rotatable bonds is 13. The maximum absolute atomic E-state index is 6.95. The Kier molecular flexibility index (Phi) is 11.9. The molecule has 1 aliphatic heterocycles. The Bertz CT molecular complexity index is 1520. The van der Waals surface area contributed by atoms with Crippen molar-refractivity contribution >= 4 is 17.5 Å². The van der Waals surface area contributed by atoms with E-state index >= 15 is 0 Å². The molecule has 0 N–H and O–H groups in total. The summed E-state index contributed by atoms with van der Waals surface area (Å²) in [5.74, 6) is 2.98. The first-order chi connectivity index (χ1) is 23.4. The van der Waals surface area contributed by atoms with Gasteiger partial charge in [0.1, 0.15) is 5.69 Å². The fourth-order valence-corrected chi connectivity index (χ4v) is 8.40. The molecule has 2 heterocycles. The van der Waals surface area contributed by atoms with Crippen LogP contribution in [0.25, 0.3) is 0 Å². The number of nitrogens with zero attached hydrogens (tertiary/aromatic N) is 5. The number of benzene rings is 3. The van der Waals surface area contributed by atoms with E-state index in [2.05, 4.69) is 120 Å². The minimum atomic E-state index is 0.178. The summed E-state index contributed by atoms with van der Waals surface area (Å²) in [6.45, 7) is 11.4. The molecular formula is C41H54ClN5O. The lowest BCUT2D eigenvalue weighted by Crippen LogP contribution is -2.49. The molecule has 0 radical (unpaired) electrons. The normalized spacial score (nSPS) is 20.5. The van der Waals surface area contributed by atoms with E-state index in [0.717, 1.165) is 74.7 Å². The third-order valence-corrected chi connectivity index (χ3v) is 11.0. The van der Waals surface area contributed by atoms with Gasteiger partial charge in [-0.3, -0.25) is 9.80 Å². The highest BCUT2D eigenvalue weighted by Gasteiger charge is 2.40. The topological polar surface area (TPSA) is 39.0 Å². The van der Waals surface area contributed by atoms with Crippen LogP contribution in [0.3, 0.4) is 0 Å². The molecule has 6 nitrogen and oxygen atoms in total. The number of aromatic nitrogens is 1. The van der Waals surface area contributed by atoms with Gasteiger partial charge in [-0.05, 0) is 94.3 Å². The van der Waals surface area contributed by atoms with Crippen LogP contribution in [0.5, 0.6) is 0 Å². The molecule has 0 amide bonds. The summed E-state index contributed by atoms with van der Waals surface area (Å²) < 4.78 is 6.95. The van der Waals surface area contributed by atoms with Crippen molar-refractivity contribution in [2.75, 3.05) is 58.3 Å². The highest BCUT2D eigenvalue weighted by Crippen LogP contribution is 2.46. The zero-order valence-electron chi connectivity index (χ0n) is 29.4. The van der Waals surface area contributed by atoms with E-state index in [1.54, 1.807) is 0 Å². The molecule has 7 heteroatoms. The molecule has 0 spiro atoms. The molecule has 1 aliphatic carbocycles. The quantitative estimate of drug-likeness (QED) is 0.142. The molecule has 6 rings (SSSR count). The maximum Gasteiger partial charge on any atom is 0.219 e. The second kappa shape index (κ2) is 16.5. The van der Waals surface area contributed by atoms with Crippen molar-refractivity contribution in [2.24, 2.45) is 11.8 Å². The standard InChI is InChI=1S/C41H54ClN5O/c1-5-46(6-2)41-37(29-31-13-9-7-10-14-31)43-40(48-41)39(47-27-25-45(26-28-47)30-32-15-11-8-12-16-32)35-19-17-33(18-20-35)38(44(3)4)34-21-23-36(42)24-22-34/h7-16,21-24,33,35,38-39H,5-6,17-20,25-30H2,1-4H3. The van der Waals surface area contributed by atoms with E-state index in [-0.39, 0.29) is 6.04 Å². The van der Waals surface area contributed by atoms with Crippen LogP contribution in [-0.4, -0.2) is 73.0 Å². The number of anilines is 1. The van der Waals surface area contributed by atoms with Crippen LogP contribution in [0.15, 0.2) is 89.3 Å². The molecule has 1 saturated carbocycles. The fraction of sp³-hybridized carbons (Fsp3) is 0.488. The zero-order chi connectivity index (χ0) is 33.5. The summed E-state index contributed by atoms with van der Waals surface area (Å²) in [6.07, 6.45) is 5.53. The number of hydrogen-bond acceptors (Lipinski definition) is 6. The Balaban J connectivity index is 1.26. The summed E-state index contributed by atoms with van der Waals surface area (Å²) >= 11 is 6.27. The van der Waals surface area contributed by atoms with Crippen LogP contribution in [0.4, 0.5) is 5.88 Å². The zero-order valence-corrected chi connectivity index (χ0v) is 30.2. The average Bonchev–Trinajstić information content (AvgIpc) is 3.51. The van der Waals surface area contributed by atoms with Crippen molar-refractivity contribution in [1.29, 1.82) is 0 Å². The fourth-order valence-electron chi connectivity index (χ4n) is 8.28. The lowest BCUT2D eigenvalue weighted by Gasteiger charge is -2.44. The highest BCUT2D eigenvalue weighted by molar-refractivity contribution is 6.30. The number of piperazine rings is 1. The molecule has 1 saturated heterocycles. The molecule has 2 aliphatic rings. The molecule has 2 atom stereocenters. The van der Waals surface area contributed by atoms with E-state index in [4.69, 9.17) is 21.0 Å². The van der Waals surface area contributed by atoms with Gasteiger partial charge in [-0.15, -0.1) is 0 Å². The van der Waals surface area contributed by atoms with Gasteiger partial charge in [0.05, 0.1) is 6.04 Å². The van der Waals surface area contributed by atoms with Crippen LogP contribution in [0.1, 0.15) is 79.9 Å². The van der Waals surface area contributed by atoms with Crippen molar-refractivity contribution in [3.05, 3.63) is 118 Å². The Morgan fingerprint density at radius 2 is 1.35 bits per heavy atom. The van der Waals surface area contributed by atoms with Gasteiger partial charge in [-0.2, -0.15) is 0 Å². The van der Waals surface area contributed by atoms with Gasteiger partial charge in [0.2, 0.25) is 11.8 Å². The van der Waals surface area contributed by atoms with Crippen LogP contribution >= 0.6 is 11.6 Å². The van der Waals surface area contributed by atoms with Crippen molar-refractivity contribution < 1.29 is 4.42 Å². The lowest BCUT2D eigenvalue weighted by molar-refractivity contribution is 0.0302. The van der Waals surface area contributed by atoms with Gasteiger partial charge in [-0.25, -0.2) is 4.98 Å². The summed E-state index contributed by atoms with van der Waals surface area (Å²) in [4.78, 5) is 15.5. The second-order valence-corrected chi connectivity index (χ2v) is 14.5. The number of halogens is 1. The Labute approximate surface area is 293 Å². The monoisotopic (exact) mass is 667 g/mol. The van der Waals surface area contributed by atoms with Gasteiger partial charge in [0.25, 0.3) is 0 Å². The Hall–Kier alpha value is -3.16. The minimum Gasteiger partial charge on any atom is -0.423 e. The van der Waals surface area contributed by atoms with E-state index in [1.165, 1.54) is 42.4 Å². The summed E-state index contributed by atoms with van der Waals surface area (Å²) in [6, 6.07) is 30.7. The van der Waals surface area contributed by atoms with Gasteiger partial charge in [-0.1, -0.05) is 84.4 Å². The largest absolute Gasteiger partial charge is 0.423 e. The van der Waals surface area contributed by atoms with Gasteiger partial charge < -0.3 is 14.2 Å². The van der Waals surface area contributed by atoms with Crippen molar-refractivity contribution in [3.8, 4) is 0 Å². The van der Waals surface area contributed by atoms with Crippen molar-refractivity contribution in [1.82, 2.24) is 19.7 Å². The predicted octanol–water partition coefficient (Wildman–Crippen LogP) is 8.73. The van der Waals surface area contributed by atoms with Crippen molar-refractivity contribution in [2.45, 2.75) is 64.6 Å². The highest BCUT2D eigenvalue weighted by atomic mass is 35.5. The van der Waals surface area contributed by atoms with E-state index in [9.17, 15) is 0 Å². The molecule has 48 heavy (non-hydrogen) atoms. The van der Waals surface area contributed by atoms with Crippen LogP contribution in [0.2, 0.25) is 5.02 Å². The molecule has 2 fully saturated rings. The molecule has 2 unspecified atom stereocenters. The van der Waals surface area contributed by atoms with E-state index < -0.39 is 0 Å². The van der Waals surface area contributed by atoms with Gasteiger partial charge in [0, 0.05) is 63.3 Å². The first kappa shape index (κ1) is 34.7. The number of hydrogen-bond donors (Lipinski definition) is 0. The Morgan fingerprint density at radius 1 is 0.771 bits per heavy atom. The van der Waals surface area contributed by atoms with Gasteiger partial charge in [0.15, 0.2) is 0 Å². The third kappa shape index (κ3) is 8.34. The van der Waals surface area contributed by atoms with Gasteiger partial charge >= 0.3 is 0 Å². The second-order valence-electron chi connectivity index (χ2n) is 14.0. The van der Waals surface area contributed by atoms with Crippen LogP contribution in [0, 0.1) is 11.8 Å². The van der Waals surface area contributed by atoms with E-state index in [0.29, 0.717) is 17.9 Å². The molecule has 256 valence electrons. The Morgan fingerprint density at radius 3 is 1.94 bits per heavy atom. The van der Waals surface area contributed by atoms with E-state index in [1.807, 2.05) is 12.1 Å². The average molecular weight is 668 g/mol. The first-order valence-corrected chi connectivity index (χ1v) is 18.5. The number of oxazole rings is 1. The molecule has 1 aromatic heterocycles. The predicted molar refractivity (Wildman–Crippen MR) is 199 cm³/mol. The summed E-state index contributed by atoms with van der Waals surface area (Å²) in [7, 11) is 4.44. The SMILES string of the molecule is CCN(CC)c1oc(C(C2CCC(C(c3ccc(Cl)cc3)N(C)C)CC2)N2CCN(Cc3ccccc3)CC2)nc1Cc1ccccc1. The molecule has 3 aromatic carbocycles. The van der Waals surface area contributed by atoms with Crippen LogP contribution in [-0.2, 0) is 13.0 Å². The smallest absolute Gasteiger partial charge is 0.219 e.